The third kappa shape index (κ3) is 3.48. The Hall–Kier alpha value is -0.610. The van der Waals surface area contributed by atoms with Crippen LogP contribution in [0.3, 0.4) is 0 Å². The fourth-order valence-corrected chi connectivity index (χ4v) is 3.49. The molecule has 0 spiro atoms. The molecule has 0 bridgehead atoms. The Morgan fingerprint density at radius 1 is 1.26 bits per heavy atom. The maximum Gasteiger partial charge on any atom is 0.229 e. The largest absolute Gasteiger partial charge is 0.376 e. The Morgan fingerprint density at radius 3 is 2.47 bits per heavy atom. The Balaban J connectivity index is 1.97. The summed E-state index contributed by atoms with van der Waals surface area (Å²) in [5.74, 6) is 0.243. The molecule has 0 aromatic heterocycles. The van der Waals surface area contributed by atoms with Gasteiger partial charge >= 0.3 is 0 Å². The van der Waals surface area contributed by atoms with Crippen LogP contribution in [0, 0.1) is 5.41 Å². The molecule has 1 saturated carbocycles. The summed E-state index contributed by atoms with van der Waals surface area (Å²) < 4.78 is 5.63. The normalized spacial score (nSPS) is 26.9. The summed E-state index contributed by atoms with van der Waals surface area (Å²) >= 11 is 0. The molecule has 110 valence electrons. The van der Waals surface area contributed by atoms with Crippen molar-refractivity contribution in [2.75, 3.05) is 26.7 Å². The number of nitrogens with two attached hydrogens (primary N) is 1. The predicted molar refractivity (Wildman–Crippen MR) is 75.8 cm³/mol. The number of nitrogens with zero attached hydrogens (tertiary/aromatic N) is 1. The standard InChI is InChI=1S/C15H28N2O2/c1-17(11-13-7-6-10-19-13)14(18)15(12-16)8-4-2-3-5-9-15/h13H,2-12,16H2,1H3. The van der Waals surface area contributed by atoms with Crippen molar-refractivity contribution in [3.05, 3.63) is 0 Å². The van der Waals surface area contributed by atoms with Crippen LogP contribution >= 0.6 is 0 Å². The first kappa shape index (κ1) is 14.8. The van der Waals surface area contributed by atoms with E-state index in [0.717, 1.165) is 51.7 Å². The number of rotatable bonds is 4. The van der Waals surface area contributed by atoms with Gasteiger partial charge in [0.2, 0.25) is 5.91 Å². The van der Waals surface area contributed by atoms with Gasteiger partial charge < -0.3 is 15.4 Å². The smallest absolute Gasteiger partial charge is 0.229 e. The second-order valence-corrected chi connectivity index (χ2v) is 6.22. The molecule has 0 radical (unpaired) electrons. The fourth-order valence-electron chi connectivity index (χ4n) is 3.49. The number of carbonyl (C=O) groups excluding carboxylic acids is 1. The third-order valence-electron chi connectivity index (χ3n) is 4.75. The zero-order chi connectivity index (χ0) is 13.7. The summed E-state index contributed by atoms with van der Waals surface area (Å²) in [6.07, 6.45) is 9.09. The highest BCUT2D eigenvalue weighted by Gasteiger charge is 2.39. The van der Waals surface area contributed by atoms with E-state index in [1.165, 1.54) is 12.8 Å². The van der Waals surface area contributed by atoms with Gasteiger partial charge in [-0.3, -0.25) is 4.79 Å². The van der Waals surface area contributed by atoms with E-state index in [0.29, 0.717) is 6.54 Å². The van der Waals surface area contributed by atoms with Crippen LogP contribution in [0.5, 0.6) is 0 Å². The van der Waals surface area contributed by atoms with Crippen LogP contribution in [0.25, 0.3) is 0 Å². The summed E-state index contributed by atoms with van der Waals surface area (Å²) in [5, 5.41) is 0. The molecular formula is C15H28N2O2. The van der Waals surface area contributed by atoms with Crippen molar-refractivity contribution in [2.45, 2.75) is 57.5 Å². The first-order valence-corrected chi connectivity index (χ1v) is 7.75. The number of carbonyl (C=O) groups is 1. The molecule has 1 saturated heterocycles. The molecule has 1 amide bonds. The molecule has 1 heterocycles. The zero-order valence-electron chi connectivity index (χ0n) is 12.2. The maximum atomic E-state index is 12.8. The molecule has 4 heteroatoms. The molecule has 1 aliphatic heterocycles. The lowest BCUT2D eigenvalue weighted by Crippen LogP contribution is -2.48. The summed E-state index contributed by atoms with van der Waals surface area (Å²) in [6, 6.07) is 0. The van der Waals surface area contributed by atoms with Crippen LogP contribution in [0.4, 0.5) is 0 Å². The zero-order valence-corrected chi connectivity index (χ0v) is 12.2. The van der Waals surface area contributed by atoms with E-state index in [9.17, 15) is 4.79 Å². The van der Waals surface area contributed by atoms with E-state index in [-0.39, 0.29) is 17.4 Å². The van der Waals surface area contributed by atoms with E-state index in [1.54, 1.807) is 0 Å². The minimum absolute atomic E-state index is 0.231. The molecule has 2 N–H and O–H groups in total. The molecule has 1 unspecified atom stereocenters. The van der Waals surface area contributed by atoms with Crippen molar-refractivity contribution in [1.82, 2.24) is 4.90 Å². The van der Waals surface area contributed by atoms with Crippen LogP contribution in [0.2, 0.25) is 0 Å². The number of likely N-dealkylation sites (N-methyl/N-ethyl adjacent to an activating group) is 1. The second-order valence-electron chi connectivity index (χ2n) is 6.22. The first-order chi connectivity index (χ1) is 9.18. The van der Waals surface area contributed by atoms with Crippen molar-refractivity contribution < 1.29 is 9.53 Å². The number of hydrogen-bond acceptors (Lipinski definition) is 3. The van der Waals surface area contributed by atoms with Gasteiger partial charge in [0.25, 0.3) is 0 Å². The molecule has 1 aliphatic carbocycles. The van der Waals surface area contributed by atoms with Crippen molar-refractivity contribution in [2.24, 2.45) is 11.1 Å². The predicted octanol–water partition coefficient (Wildman–Crippen LogP) is 1.92. The molecule has 19 heavy (non-hydrogen) atoms. The van der Waals surface area contributed by atoms with Crippen molar-refractivity contribution in [1.29, 1.82) is 0 Å². The summed E-state index contributed by atoms with van der Waals surface area (Å²) in [6.45, 7) is 2.05. The molecule has 2 aliphatic rings. The summed E-state index contributed by atoms with van der Waals surface area (Å²) in [5.41, 5.74) is 5.67. The lowest BCUT2D eigenvalue weighted by molar-refractivity contribution is -0.142. The molecule has 2 fully saturated rings. The van der Waals surface area contributed by atoms with Gasteiger partial charge in [0, 0.05) is 26.7 Å². The minimum atomic E-state index is -0.302. The molecular weight excluding hydrogens is 240 g/mol. The topological polar surface area (TPSA) is 55.6 Å². The van der Waals surface area contributed by atoms with Crippen LogP contribution in [-0.2, 0) is 9.53 Å². The van der Waals surface area contributed by atoms with Gasteiger partial charge in [-0.15, -0.1) is 0 Å². The van der Waals surface area contributed by atoms with Crippen molar-refractivity contribution >= 4 is 5.91 Å². The van der Waals surface area contributed by atoms with Crippen LogP contribution in [-0.4, -0.2) is 43.7 Å². The SMILES string of the molecule is CN(CC1CCCO1)C(=O)C1(CN)CCCCCC1. The number of hydrogen-bond donors (Lipinski definition) is 1. The van der Waals surface area contributed by atoms with Gasteiger partial charge in [0.05, 0.1) is 11.5 Å². The van der Waals surface area contributed by atoms with Crippen LogP contribution < -0.4 is 5.73 Å². The highest BCUT2D eigenvalue weighted by atomic mass is 16.5. The van der Waals surface area contributed by atoms with E-state index in [2.05, 4.69) is 0 Å². The molecule has 0 aromatic rings. The fraction of sp³-hybridized carbons (Fsp3) is 0.933. The lowest BCUT2D eigenvalue weighted by Gasteiger charge is -2.35. The maximum absolute atomic E-state index is 12.8. The van der Waals surface area contributed by atoms with Crippen molar-refractivity contribution in [3.8, 4) is 0 Å². The van der Waals surface area contributed by atoms with Crippen LogP contribution in [0.1, 0.15) is 51.4 Å². The Bertz CT molecular complexity index is 293. The minimum Gasteiger partial charge on any atom is -0.376 e. The third-order valence-corrected chi connectivity index (χ3v) is 4.75. The van der Waals surface area contributed by atoms with Gasteiger partial charge in [-0.2, -0.15) is 0 Å². The lowest BCUT2D eigenvalue weighted by atomic mass is 9.79. The Labute approximate surface area is 116 Å². The highest BCUT2D eigenvalue weighted by molar-refractivity contribution is 5.82. The Kier molecular flexibility index (Phi) is 5.22. The van der Waals surface area contributed by atoms with Gasteiger partial charge in [-0.05, 0) is 25.7 Å². The number of amides is 1. The van der Waals surface area contributed by atoms with Gasteiger partial charge in [0.1, 0.15) is 0 Å². The van der Waals surface area contributed by atoms with E-state index >= 15 is 0 Å². The van der Waals surface area contributed by atoms with E-state index < -0.39 is 0 Å². The number of ether oxygens (including phenoxy) is 1. The molecule has 2 rings (SSSR count). The van der Waals surface area contributed by atoms with Gasteiger partial charge in [-0.25, -0.2) is 0 Å². The van der Waals surface area contributed by atoms with Crippen LogP contribution in [0.15, 0.2) is 0 Å². The highest BCUT2D eigenvalue weighted by Crippen LogP contribution is 2.36. The first-order valence-electron chi connectivity index (χ1n) is 7.75. The summed E-state index contributed by atoms with van der Waals surface area (Å²) in [4.78, 5) is 14.7. The molecule has 0 aromatic carbocycles. The summed E-state index contributed by atoms with van der Waals surface area (Å²) in [7, 11) is 1.91. The monoisotopic (exact) mass is 268 g/mol. The molecule has 1 atom stereocenters. The van der Waals surface area contributed by atoms with Gasteiger partial charge in [0.15, 0.2) is 0 Å². The van der Waals surface area contributed by atoms with E-state index in [4.69, 9.17) is 10.5 Å². The van der Waals surface area contributed by atoms with Crippen molar-refractivity contribution in [3.63, 3.8) is 0 Å². The second kappa shape index (κ2) is 6.71. The van der Waals surface area contributed by atoms with E-state index in [1.807, 2.05) is 11.9 Å². The van der Waals surface area contributed by atoms with Gasteiger partial charge in [-0.1, -0.05) is 25.7 Å². The Morgan fingerprint density at radius 2 is 1.95 bits per heavy atom. The average molecular weight is 268 g/mol. The molecule has 4 nitrogen and oxygen atoms in total. The quantitative estimate of drug-likeness (QED) is 0.793. The average Bonchev–Trinajstić information content (AvgIpc) is 2.80.